The lowest BCUT2D eigenvalue weighted by atomic mass is 10.0. The average molecular weight is 368 g/mol. The molecule has 1 N–H and O–H groups in total. The largest absolute Gasteiger partial charge is 0.488 e. The van der Waals surface area contributed by atoms with E-state index in [9.17, 15) is 4.79 Å². The maximum atomic E-state index is 11.6. The summed E-state index contributed by atoms with van der Waals surface area (Å²) in [5.41, 5.74) is 3.01. The fraction of sp³-hybridized carbons (Fsp3) is 0.421. The predicted octanol–water partition coefficient (Wildman–Crippen LogP) is 3.40. The number of hydrogen-bond donors (Lipinski definition) is 1. The van der Waals surface area contributed by atoms with Gasteiger partial charge in [-0.1, -0.05) is 0 Å². The Bertz CT molecular complexity index is 961. The van der Waals surface area contributed by atoms with Gasteiger partial charge >= 0.3 is 0 Å². The fourth-order valence-electron chi connectivity index (χ4n) is 3.60. The van der Waals surface area contributed by atoms with E-state index in [1.165, 1.54) is 12.8 Å². The first kappa shape index (κ1) is 15.8. The zero-order chi connectivity index (χ0) is 17.7. The first-order valence-electron chi connectivity index (χ1n) is 9.03. The lowest BCUT2D eigenvalue weighted by molar-refractivity contribution is -0.119. The van der Waals surface area contributed by atoms with Crippen molar-refractivity contribution in [3.8, 4) is 16.3 Å². The quantitative estimate of drug-likeness (QED) is 0.749. The summed E-state index contributed by atoms with van der Waals surface area (Å²) in [5, 5.41) is 5.83. The molecule has 7 heteroatoms. The van der Waals surface area contributed by atoms with Crippen LogP contribution in [0.4, 0.5) is 0 Å². The van der Waals surface area contributed by atoms with E-state index in [1.54, 1.807) is 11.3 Å². The Balaban J connectivity index is 1.56. The number of hydrogen-bond acceptors (Lipinski definition) is 5. The minimum Gasteiger partial charge on any atom is -0.488 e. The highest BCUT2D eigenvalue weighted by molar-refractivity contribution is 7.13. The highest BCUT2D eigenvalue weighted by atomic mass is 32.1. The van der Waals surface area contributed by atoms with Gasteiger partial charge in [-0.05, 0) is 31.9 Å². The smallest absolute Gasteiger partial charge is 0.220 e. The Morgan fingerprint density at radius 1 is 1.35 bits per heavy atom. The van der Waals surface area contributed by atoms with E-state index in [4.69, 9.17) is 4.74 Å². The van der Waals surface area contributed by atoms with Crippen LogP contribution < -0.4 is 10.1 Å². The molecular formula is C19H20N4O2S. The number of fused-ring (bicyclic) bond motifs is 1. The molecule has 26 heavy (non-hydrogen) atoms. The first-order chi connectivity index (χ1) is 12.7. The Morgan fingerprint density at radius 2 is 2.23 bits per heavy atom. The van der Waals surface area contributed by atoms with Crippen molar-refractivity contribution in [3.63, 3.8) is 0 Å². The molecule has 2 fully saturated rings. The van der Waals surface area contributed by atoms with Gasteiger partial charge in [0.2, 0.25) is 5.91 Å². The van der Waals surface area contributed by atoms with E-state index >= 15 is 0 Å². The minimum atomic E-state index is -0.0498. The number of benzene rings is 1. The maximum absolute atomic E-state index is 11.6. The molecular weight excluding hydrogens is 348 g/mol. The van der Waals surface area contributed by atoms with Crippen LogP contribution in [0.3, 0.4) is 0 Å². The summed E-state index contributed by atoms with van der Waals surface area (Å²) in [6, 6.07) is 4.69. The highest BCUT2D eigenvalue weighted by Crippen LogP contribution is 2.41. The van der Waals surface area contributed by atoms with Gasteiger partial charge in [0.15, 0.2) is 0 Å². The van der Waals surface area contributed by atoms with Gasteiger partial charge in [0.05, 0.1) is 11.8 Å². The van der Waals surface area contributed by atoms with Crippen LogP contribution in [0.1, 0.15) is 32.2 Å². The van der Waals surface area contributed by atoms with Crippen LogP contribution >= 0.6 is 11.3 Å². The molecule has 0 bridgehead atoms. The number of carbonyl (C=O) groups excluding carboxylic acids is 1. The van der Waals surface area contributed by atoms with E-state index < -0.39 is 0 Å². The van der Waals surface area contributed by atoms with Crippen LogP contribution in [0.15, 0.2) is 30.0 Å². The molecule has 1 aliphatic carbocycles. The summed E-state index contributed by atoms with van der Waals surface area (Å²) < 4.78 is 8.64. The van der Waals surface area contributed by atoms with Crippen molar-refractivity contribution < 1.29 is 9.53 Å². The predicted molar refractivity (Wildman–Crippen MR) is 100 cm³/mol. The number of nitrogens with one attached hydrogen (secondary N) is 1. The van der Waals surface area contributed by atoms with Crippen molar-refractivity contribution in [2.75, 3.05) is 6.54 Å². The number of rotatable bonds is 5. The molecule has 0 spiro atoms. The van der Waals surface area contributed by atoms with E-state index in [0.29, 0.717) is 19.0 Å². The van der Waals surface area contributed by atoms with Crippen molar-refractivity contribution in [1.29, 1.82) is 0 Å². The molecule has 0 radical (unpaired) electrons. The average Bonchev–Trinajstić information content (AvgIpc) is 3.06. The molecule has 2 aliphatic rings. The first-order valence-corrected chi connectivity index (χ1v) is 9.91. The SMILES string of the molecule is CC(Oc1cc(-c2nccs2)cc2ncn(C3CC3)c12)[C@H]1CNC(=O)C1. The molecule has 5 rings (SSSR count). The molecule has 1 saturated heterocycles. The van der Waals surface area contributed by atoms with Crippen molar-refractivity contribution in [1.82, 2.24) is 19.9 Å². The summed E-state index contributed by atoms with van der Waals surface area (Å²) in [7, 11) is 0. The number of nitrogens with zero attached hydrogens (tertiary/aromatic N) is 3. The Kier molecular flexibility index (Phi) is 3.70. The molecule has 1 aliphatic heterocycles. The lowest BCUT2D eigenvalue weighted by Gasteiger charge is -2.21. The summed E-state index contributed by atoms with van der Waals surface area (Å²) in [5.74, 6) is 1.14. The Labute approximate surface area is 155 Å². The van der Waals surface area contributed by atoms with E-state index in [1.807, 2.05) is 24.8 Å². The lowest BCUT2D eigenvalue weighted by Crippen LogP contribution is -2.25. The van der Waals surface area contributed by atoms with Gasteiger partial charge in [-0.15, -0.1) is 11.3 Å². The number of thiazole rings is 1. The van der Waals surface area contributed by atoms with Gasteiger partial charge < -0.3 is 14.6 Å². The summed E-state index contributed by atoms with van der Waals surface area (Å²) >= 11 is 1.61. The molecule has 1 amide bonds. The molecule has 134 valence electrons. The molecule has 1 unspecified atom stereocenters. The molecule has 1 aromatic carbocycles. The third kappa shape index (κ3) is 2.76. The Hall–Kier alpha value is -2.41. The standard InChI is InChI=1S/C19H20N4O2S/c1-11(13-8-17(24)21-9-13)25-16-7-12(19-20-4-5-26-19)6-15-18(16)23(10-22-15)14-2-3-14/h4-7,10-11,13-14H,2-3,8-9H2,1H3,(H,21,24)/t11?,13-/m1/s1. The second-order valence-electron chi connectivity index (χ2n) is 7.15. The third-order valence-electron chi connectivity index (χ3n) is 5.24. The summed E-state index contributed by atoms with van der Waals surface area (Å²) in [4.78, 5) is 20.6. The number of aromatic nitrogens is 3. The van der Waals surface area contributed by atoms with E-state index in [0.717, 1.165) is 27.4 Å². The maximum Gasteiger partial charge on any atom is 0.220 e. The van der Waals surface area contributed by atoms with Gasteiger partial charge in [0.25, 0.3) is 0 Å². The number of imidazole rings is 1. The second kappa shape index (κ2) is 6.09. The molecule has 2 atom stereocenters. The van der Waals surface area contributed by atoms with Crippen LogP contribution in [0.25, 0.3) is 21.6 Å². The Morgan fingerprint density at radius 3 is 2.92 bits per heavy atom. The molecule has 2 aromatic heterocycles. The molecule has 3 aromatic rings. The monoisotopic (exact) mass is 368 g/mol. The van der Waals surface area contributed by atoms with Crippen LogP contribution in [-0.4, -0.2) is 33.1 Å². The summed E-state index contributed by atoms with van der Waals surface area (Å²) in [6.45, 7) is 2.72. The number of carbonyl (C=O) groups is 1. The molecule has 1 saturated carbocycles. The van der Waals surface area contributed by atoms with Crippen molar-refractivity contribution >= 4 is 28.3 Å². The normalized spacial score (nSPS) is 21.1. The molecule has 3 heterocycles. The zero-order valence-corrected chi connectivity index (χ0v) is 15.3. The fourth-order valence-corrected chi connectivity index (χ4v) is 4.22. The van der Waals surface area contributed by atoms with Gasteiger partial charge in [-0.25, -0.2) is 9.97 Å². The van der Waals surface area contributed by atoms with Crippen molar-refractivity contribution in [2.24, 2.45) is 5.92 Å². The topological polar surface area (TPSA) is 69.0 Å². The van der Waals surface area contributed by atoms with Crippen molar-refractivity contribution in [2.45, 2.75) is 38.3 Å². The number of amides is 1. The van der Waals surface area contributed by atoms with E-state index in [2.05, 4.69) is 32.0 Å². The molecule has 6 nitrogen and oxygen atoms in total. The van der Waals surface area contributed by atoms with Crippen LogP contribution in [-0.2, 0) is 4.79 Å². The van der Waals surface area contributed by atoms with Crippen molar-refractivity contribution in [3.05, 3.63) is 30.0 Å². The van der Waals surface area contributed by atoms with Gasteiger partial charge in [-0.2, -0.15) is 0 Å². The van der Waals surface area contributed by atoms with Crippen LogP contribution in [0.2, 0.25) is 0 Å². The van der Waals surface area contributed by atoms with Crippen LogP contribution in [0.5, 0.6) is 5.75 Å². The number of ether oxygens (including phenoxy) is 1. The zero-order valence-electron chi connectivity index (χ0n) is 14.5. The second-order valence-corrected chi connectivity index (χ2v) is 8.05. The highest BCUT2D eigenvalue weighted by Gasteiger charge is 2.30. The third-order valence-corrected chi connectivity index (χ3v) is 6.06. The van der Waals surface area contributed by atoms with E-state index in [-0.39, 0.29) is 17.9 Å². The van der Waals surface area contributed by atoms with Gasteiger partial charge in [0.1, 0.15) is 22.4 Å². The minimum absolute atomic E-state index is 0.0498. The van der Waals surface area contributed by atoms with Crippen LogP contribution in [0, 0.1) is 5.92 Å². The van der Waals surface area contributed by atoms with Gasteiger partial charge in [-0.3, -0.25) is 4.79 Å². The van der Waals surface area contributed by atoms with Gasteiger partial charge in [0, 0.05) is 42.1 Å². The summed E-state index contributed by atoms with van der Waals surface area (Å²) in [6.07, 6.45) is 6.59.